The van der Waals surface area contributed by atoms with Crippen molar-refractivity contribution < 1.29 is 19.0 Å². The predicted molar refractivity (Wildman–Crippen MR) is 134 cm³/mol. The number of nitrogens with one attached hydrogen (secondary N) is 1. The molecule has 1 aromatic heterocycles. The molecule has 10 heteroatoms. The molecule has 184 valence electrons. The zero-order valence-corrected chi connectivity index (χ0v) is 19.9. The van der Waals surface area contributed by atoms with Crippen LogP contribution in [0.2, 0.25) is 0 Å². The lowest BCUT2D eigenvalue weighted by Crippen LogP contribution is -2.35. The third kappa shape index (κ3) is 4.04. The second-order valence-electron chi connectivity index (χ2n) is 9.15. The van der Waals surface area contributed by atoms with Gasteiger partial charge >= 0.3 is 6.09 Å². The number of fused-ring (bicyclic) bond motifs is 2. The number of hydrogen-bond acceptors (Lipinski definition) is 8. The van der Waals surface area contributed by atoms with Crippen LogP contribution < -0.4 is 10.2 Å². The van der Waals surface area contributed by atoms with E-state index in [4.69, 9.17) is 14.2 Å². The number of tetrazole rings is 1. The summed E-state index contributed by atoms with van der Waals surface area (Å²) in [6.45, 7) is 0.595. The minimum atomic E-state index is -0.545. The minimum absolute atomic E-state index is 0.233. The lowest BCUT2D eigenvalue weighted by atomic mass is 10.1. The molecule has 0 spiro atoms. The lowest BCUT2D eigenvalue weighted by Gasteiger charge is -2.18. The second kappa shape index (κ2) is 9.21. The Morgan fingerprint density at radius 1 is 1.00 bits per heavy atom. The highest BCUT2D eigenvalue weighted by molar-refractivity contribution is 6.00. The summed E-state index contributed by atoms with van der Waals surface area (Å²) in [4.78, 5) is 14.8. The van der Waals surface area contributed by atoms with Gasteiger partial charge in [-0.3, -0.25) is 5.32 Å². The van der Waals surface area contributed by atoms with E-state index in [1.165, 1.54) is 0 Å². The van der Waals surface area contributed by atoms with Gasteiger partial charge in [-0.2, -0.15) is 0 Å². The summed E-state index contributed by atoms with van der Waals surface area (Å²) in [5.41, 5.74) is 2.68. The Hall–Kier alpha value is -4.02. The largest absolute Gasteiger partial charge is 0.441 e. The Morgan fingerprint density at radius 3 is 2.61 bits per heavy atom. The molecule has 4 atom stereocenters. The van der Waals surface area contributed by atoms with Gasteiger partial charge in [-0.1, -0.05) is 36.4 Å². The highest BCUT2D eigenvalue weighted by atomic mass is 16.6. The molecule has 10 nitrogen and oxygen atoms in total. The van der Waals surface area contributed by atoms with E-state index in [0.29, 0.717) is 18.1 Å². The first-order valence-corrected chi connectivity index (χ1v) is 11.8. The van der Waals surface area contributed by atoms with Gasteiger partial charge in [0.1, 0.15) is 18.2 Å². The van der Waals surface area contributed by atoms with Crippen LogP contribution in [0, 0.1) is 0 Å². The van der Waals surface area contributed by atoms with E-state index >= 15 is 0 Å². The fourth-order valence-electron chi connectivity index (χ4n) is 4.88. The fraction of sp³-hybridized carbons (Fsp3) is 0.308. The first-order chi connectivity index (χ1) is 17.6. The van der Waals surface area contributed by atoms with Gasteiger partial charge < -0.3 is 19.1 Å². The van der Waals surface area contributed by atoms with Crippen molar-refractivity contribution in [2.24, 2.45) is 0 Å². The van der Waals surface area contributed by atoms with Crippen LogP contribution in [0.5, 0.6) is 0 Å². The summed E-state index contributed by atoms with van der Waals surface area (Å²) in [5, 5.41) is 17.2. The van der Waals surface area contributed by atoms with E-state index < -0.39 is 18.3 Å². The van der Waals surface area contributed by atoms with Gasteiger partial charge in [0, 0.05) is 30.7 Å². The van der Waals surface area contributed by atoms with Crippen LogP contribution in [-0.2, 0) is 14.2 Å². The molecule has 1 N–H and O–H groups in total. The Labute approximate surface area is 207 Å². The Kier molecular flexibility index (Phi) is 5.74. The van der Waals surface area contributed by atoms with Crippen LogP contribution in [0.15, 0.2) is 66.7 Å². The number of carbonyl (C=O) groups excluding carboxylic acids is 1. The molecule has 0 bridgehead atoms. The first-order valence-electron chi connectivity index (χ1n) is 11.8. The molecule has 0 unspecified atom stereocenters. The Bertz CT molecular complexity index is 1380. The maximum Gasteiger partial charge on any atom is 0.412 e. The second-order valence-corrected chi connectivity index (χ2v) is 9.15. The zero-order valence-electron chi connectivity index (χ0n) is 19.9. The normalized spacial score (nSPS) is 22.9. The van der Waals surface area contributed by atoms with E-state index in [9.17, 15) is 4.79 Å². The van der Waals surface area contributed by atoms with Crippen molar-refractivity contribution in [1.29, 1.82) is 0 Å². The number of rotatable bonds is 5. The fourth-order valence-corrected chi connectivity index (χ4v) is 4.88. The van der Waals surface area contributed by atoms with E-state index in [2.05, 4.69) is 20.8 Å². The number of ether oxygens (including phenoxy) is 3. The Balaban J connectivity index is 1.15. The van der Waals surface area contributed by atoms with Crippen LogP contribution in [0.3, 0.4) is 0 Å². The van der Waals surface area contributed by atoms with Crippen molar-refractivity contribution in [2.75, 3.05) is 37.5 Å². The molecule has 6 rings (SSSR count). The van der Waals surface area contributed by atoms with Crippen molar-refractivity contribution in [1.82, 2.24) is 20.2 Å². The number of hydrogen-bond donors (Lipinski definition) is 1. The van der Waals surface area contributed by atoms with Gasteiger partial charge in [0.05, 0.1) is 18.9 Å². The quantitative estimate of drug-likeness (QED) is 0.457. The molecule has 1 amide bonds. The number of aromatic nitrogens is 4. The number of anilines is 2. The average molecular weight is 487 g/mol. The molecule has 0 saturated carbocycles. The van der Waals surface area contributed by atoms with Crippen LogP contribution in [0.25, 0.3) is 22.2 Å². The summed E-state index contributed by atoms with van der Waals surface area (Å²) in [7, 11) is 3.99. The molecular formula is C26H26N6O4. The summed E-state index contributed by atoms with van der Waals surface area (Å²) >= 11 is 0. The number of carbonyl (C=O) groups is 1. The van der Waals surface area contributed by atoms with Crippen LogP contribution in [0.1, 0.15) is 6.04 Å². The van der Waals surface area contributed by atoms with Crippen LogP contribution >= 0.6 is 0 Å². The molecule has 2 fully saturated rings. The Morgan fingerprint density at radius 2 is 1.78 bits per heavy atom. The molecule has 2 aliphatic heterocycles. The van der Waals surface area contributed by atoms with Gasteiger partial charge in [0.15, 0.2) is 11.9 Å². The van der Waals surface area contributed by atoms with E-state index in [1.807, 2.05) is 85.7 Å². The highest BCUT2D eigenvalue weighted by Gasteiger charge is 2.51. The van der Waals surface area contributed by atoms with Gasteiger partial charge in [0.25, 0.3) is 0 Å². The topological polar surface area (TPSA) is 104 Å². The maximum atomic E-state index is 12.7. The first kappa shape index (κ1) is 22.4. The molecule has 3 heterocycles. The van der Waals surface area contributed by atoms with E-state index in [-0.39, 0.29) is 18.8 Å². The van der Waals surface area contributed by atoms with Gasteiger partial charge in [-0.05, 0) is 46.1 Å². The van der Waals surface area contributed by atoms with Crippen molar-refractivity contribution in [3.8, 4) is 11.4 Å². The molecule has 0 aliphatic carbocycles. The van der Waals surface area contributed by atoms with Gasteiger partial charge in [-0.15, -0.1) is 5.10 Å². The zero-order chi connectivity index (χ0) is 24.6. The third-order valence-electron chi connectivity index (χ3n) is 6.72. The predicted octanol–water partition coefficient (Wildman–Crippen LogP) is 3.52. The summed E-state index contributed by atoms with van der Waals surface area (Å²) in [6, 6.07) is 21.4. The molecule has 2 aliphatic rings. The number of amides is 1. The molecule has 2 saturated heterocycles. The van der Waals surface area contributed by atoms with E-state index in [1.54, 1.807) is 4.68 Å². The highest BCUT2D eigenvalue weighted by Crippen LogP contribution is 2.37. The average Bonchev–Trinajstić information content (AvgIpc) is 3.62. The maximum absolute atomic E-state index is 12.7. The third-order valence-corrected chi connectivity index (χ3v) is 6.72. The SMILES string of the molecule is CN(C)c1ccc(-c2nnnn2[C@H]2CO[C@H]3[C@@H]2OC[C@H]3OC(=O)Nc2cccc3ccccc23)cc1. The van der Waals surface area contributed by atoms with Crippen LogP contribution in [0.4, 0.5) is 16.2 Å². The van der Waals surface area contributed by atoms with Crippen LogP contribution in [-0.4, -0.2) is 71.9 Å². The summed E-state index contributed by atoms with van der Waals surface area (Å²) in [5.74, 6) is 0.635. The van der Waals surface area contributed by atoms with Crippen molar-refractivity contribution in [2.45, 2.75) is 24.4 Å². The summed E-state index contributed by atoms with van der Waals surface area (Å²) < 4.78 is 19.5. The molecule has 4 aromatic rings. The summed E-state index contributed by atoms with van der Waals surface area (Å²) in [6.07, 6.45) is -1.81. The monoisotopic (exact) mass is 486 g/mol. The minimum Gasteiger partial charge on any atom is -0.441 e. The molecule has 0 radical (unpaired) electrons. The number of nitrogens with zero attached hydrogens (tertiary/aromatic N) is 5. The van der Waals surface area contributed by atoms with Crippen molar-refractivity contribution in [3.05, 3.63) is 66.7 Å². The van der Waals surface area contributed by atoms with Crippen molar-refractivity contribution >= 4 is 28.2 Å². The lowest BCUT2D eigenvalue weighted by molar-refractivity contribution is 0.00775. The smallest absolute Gasteiger partial charge is 0.412 e. The number of benzene rings is 3. The van der Waals surface area contributed by atoms with Crippen molar-refractivity contribution in [3.63, 3.8) is 0 Å². The molecule has 36 heavy (non-hydrogen) atoms. The molecular weight excluding hydrogens is 460 g/mol. The van der Waals surface area contributed by atoms with Gasteiger partial charge in [-0.25, -0.2) is 9.48 Å². The molecule has 3 aromatic carbocycles. The van der Waals surface area contributed by atoms with E-state index in [0.717, 1.165) is 22.0 Å². The van der Waals surface area contributed by atoms with Gasteiger partial charge in [0.2, 0.25) is 0 Å². The standard InChI is InChI=1S/C26H26N6O4/c1-31(2)18-12-10-17(11-13-18)25-28-29-30-32(25)21-14-34-24-22(15-35-23(21)24)36-26(33)27-20-9-5-7-16-6-3-4-8-19(16)20/h3-13,21-24H,14-15H2,1-2H3,(H,27,33)/t21-,22+,23+,24+/m0/s1.